The number of hydrogen-bond donors (Lipinski definition) is 1. The van der Waals surface area contributed by atoms with Crippen LogP contribution in [0.15, 0.2) is 59.1 Å². The predicted octanol–water partition coefficient (Wildman–Crippen LogP) is 4.57. The van der Waals surface area contributed by atoms with Crippen LogP contribution in [0.25, 0.3) is 23.0 Å². The molecule has 4 aromatic rings. The van der Waals surface area contributed by atoms with Crippen molar-refractivity contribution < 1.29 is 32.0 Å². The summed E-state index contributed by atoms with van der Waals surface area (Å²) < 4.78 is 53.8. The lowest BCUT2D eigenvalue weighted by Crippen LogP contribution is -2.54. The molecule has 2 N–H and O–H groups in total. The Morgan fingerprint density at radius 2 is 1.88 bits per heavy atom. The number of carbonyl (C=O) groups excluding carboxylic acids is 1. The molecule has 10 nitrogen and oxygen atoms in total. The second-order valence-corrected chi connectivity index (χ2v) is 10.2. The highest BCUT2D eigenvalue weighted by Crippen LogP contribution is 2.28. The van der Waals surface area contributed by atoms with Gasteiger partial charge in [0.2, 0.25) is 5.82 Å². The summed E-state index contributed by atoms with van der Waals surface area (Å²) in [6, 6.07) is 14.4. The van der Waals surface area contributed by atoms with Crippen molar-refractivity contribution in [2.24, 2.45) is 11.7 Å². The third kappa shape index (κ3) is 6.68. The van der Waals surface area contributed by atoms with Crippen LogP contribution in [0.1, 0.15) is 25.1 Å². The summed E-state index contributed by atoms with van der Waals surface area (Å²) in [6.45, 7) is 7.38. The topological polar surface area (TPSA) is 122 Å². The number of carbonyl (C=O) groups is 1. The summed E-state index contributed by atoms with van der Waals surface area (Å²) in [4.78, 5) is 18.6. The van der Waals surface area contributed by atoms with E-state index >= 15 is 0 Å². The Morgan fingerprint density at radius 3 is 2.56 bits per heavy atom. The van der Waals surface area contributed by atoms with Crippen molar-refractivity contribution in [2.75, 3.05) is 18.0 Å². The zero-order valence-electron chi connectivity index (χ0n) is 22.6. The van der Waals surface area contributed by atoms with Crippen LogP contribution in [0, 0.1) is 12.8 Å². The highest BCUT2D eigenvalue weighted by molar-refractivity contribution is 5.76. The maximum absolute atomic E-state index is 12.4. The molecule has 41 heavy (non-hydrogen) atoms. The van der Waals surface area contributed by atoms with Crippen LogP contribution in [0.2, 0.25) is 0 Å². The molecule has 0 amide bonds. The molecule has 1 aliphatic rings. The van der Waals surface area contributed by atoms with E-state index in [1.54, 1.807) is 0 Å². The molecule has 0 bridgehead atoms. The van der Waals surface area contributed by atoms with Crippen LogP contribution in [0.4, 0.5) is 18.9 Å². The Hall–Kier alpha value is -4.39. The van der Waals surface area contributed by atoms with Crippen LogP contribution in [0.5, 0.6) is 5.75 Å². The zero-order valence-corrected chi connectivity index (χ0v) is 22.6. The van der Waals surface area contributed by atoms with Gasteiger partial charge in [-0.25, -0.2) is 0 Å². The lowest BCUT2D eigenvalue weighted by molar-refractivity contribution is -0.274. The average Bonchev–Trinajstić information content (AvgIpc) is 3.52. The number of aromatic nitrogens is 4. The first kappa shape index (κ1) is 28.1. The summed E-state index contributed by atoms with van der Waals surface area (Å²) in [5, 5.41) is 8.55. The van der Waals surface area contributed by atoms with E-state index in [1.807, 2.05) is 49.7 Å². The van der Waals surface area contributed by atoms with Crippen LogP contribution in [-0.2, 0) is 16.1 Å². The number of aryl methyl sites for hydroxylation is 1. The SMILES string of the molecule is Cc1cc(-c2nc(-c3ccc(OC(F)(F)F)cc3)no2)nn1Cc1cccc(N2CC(OC(=O)[C@@H](N)C(C)C)C2)c1. The number of halogens is 3. The monoisotopic (exact) mass is 570 g/mol. The number of anilines is 1. The van der Waals surface area contributed by atoms with E-state index < -0.39 is 12.4 Å². The van der Waals surface area contributed by atoms with Gasteiger partial charge in [0.15, 0.2) is 5.69 Å². The number of nitrogens with zero attached hydrogens (tertiary/aromatic N) is 5. The van der Waals surface area contributed by atoms with Gasteiger partial charge in [0.05, 0.1) is 19.6 Å². The maximum Gasteiger partial charge on any atom is 0.573 e. The van der Waals surface area contributed by atoms with E-state index in [1.165, 1.54) is 24.3 Å². The fourth-order valence-electron chi connectivity index (χ4n) is 4.29. The Labute approximate surface area is 233 Å². The molecule has 5 rings (SSSR count). The molecule has 0 spiro atoms. The lowest BCUT2D eigenvalue weighted by atomic mass is 10.1. The molecule has 0 radical (unpaired) electrons. The quantitative estimate of drug-likeness (QED) is 0.289. The van der Waals surface area contributed by atoms with Crippen LogP contribution in [-0.4, -0.2) is 57.5 Å². The Morgan fingerprint density at radius 1 is 1.15 bits per heavy atom. The molecule has 3 heterocycles. The van der Waals surface area contributed by atoms with E-state index in [0.29, 0.717) is 30.9 Å². The van der Waals surface area contributed by atoms with Crippen molar-refractivity contribution in [3.05, 3.63) is 65.9 Å². The van der Waals surface area contributed by atoms with Gasteiger partial charge in [0.25, 0.3) is 5.89 Å². The van der Waals surface area contributed by atoms with Gasteiger partial charge in [-0.15, -0.1) is 13.2 Å². The third-order valence-electron chi connectivity index (χ3n) is 6.70. The van der Waals surface area contributed by atoms with Crippen molar-refractivity contribution in [1.29, 1.82) is 0 Å². The van der Waals surface area contributed by atoms with Gasteiger partial charge in [-0.1, -0.05) is 31.1 Å². The third-order valence-corrected chi connectivity index (χ3v) is 6.70. The average molecular weight is 571 g/mol. The molecular formula is C28H29F3N6O4. The highest BCUT2D eigenvalue weighted by atomic mass is 19.4. The van der Waals surface area contributed by atoms with Crippen molar-refractivity contribution >= 4 is 11.7 Å². The molecule has 0 unspecified atom stereocenters. The minimum Gasteiger partial charge on any atom is -0.457 e. The Kier molecular flexibility index (Phi) is 7.72. The number of alkyl halides is 3. The van der Waals surface area contributed by atoms with Crippen LogP contribution < -0.4 is 15.4 Å². The summed E-state index contributed by atoms with van der Waals surface area (Å²) in [5.41, 5.74) is 9.73. The van der Waals surface area contributed by atoms with E-state index in [2.05, 4.69) is 30.9 Å². The van der Waals surface area contributed by atoms with Crippen LogP contribution >= 0.6 is 0 Å². The van der Waals surface area contributed by atoms with Gasteiger partial charge in [-0.05, 0) is 60.9 Å². The Bertz CT molecular complexity index is 1510. The first-order valence-corrected chi connectivity index (χ1v) is 13.0. The summed E-state index contributed by atoms with van der Waals surface area (Å²) in [7, 11) is 0. The summed E-state index contributed by atoms with van der Waals surface area (Å²) in [6.07, 6.45) is -4.95. The van der Waals surface area contributed by atoms with Crippen molar-refractivity contribution in [3.63, 3.8) is 0 Å². The number of rotatable bonds is 9. The summed E-state index contributed by atoms with van der Waals surface area (Å²) in [5.74, 6) is -0.295. The molecule has 1 aliphatic heterocycles. The van der Waals surface area contributed by atoms with Crippen molar-refractivity contribution in [1.82, 2.24) is 19.9 Å². The molecule has 13 heteroatoms. The maximum atomic E-state index is 12.4. The second kappa shape index (κ2) is 11.2. The molecule has 1 atom stereocenters. The number of hydrogen-bond acceptors (Lipinski definition) is 9. The fraction of sp³-hybridized carbons (Fsp3) is 0.357. The molecular weight excluding hydrogens is 541 g/mol. The first-order chi connectivity index (χ1) is 19.4. The Balaban J connectivity index is 1.21. The van der Waals surface area contributed by atoms with Gasteiger partial charge in [-0.2, -0.15) is 10.1 Å². The number of ether oxygens (including phenoxy) is 2. The van der Waals surface area contributed by atoms with E-state index in [9.17, 15) is 18.0 Å². The largest absolute Gasteiger partial charge is 0.573 e. The standard InChI is InChI=1S/C28H29F3N6O4/c1-16(2)24(32)27(38)39-22-14-36(15-22)20-6-4-5-18(12-20)13-37-17(3)11-23(34-37)26-33-25(35-41-26)19-7-9-21(10-8-19)40-28(29,30)31/h4-12,16,22,24H,13-15,32H2,1-3H3/t24-/m0/s1. The van der Waals surface area contributed by atoms with Gasteiger partial charge >= 0.3 is 12.3 Å². The predicted molar refractivity (Wildman–Crippen MR) is 143 cm³/mol. The first-order valence-electron chi connectivity index (χ1n) is 13.0. The summed E-state index contributed by atoms with van der Waals surface area (Å²) >= 11 is 0. The van der Waals surface area contributed by atoms with Gasteiger partial charge in [0, 0.05) is 16.9 Å². The van der Waals surface area contributed by atoms with Crippen molar-refractivity contribution in [2.45, 2.75) is 45.8 Å². The highest BCUT2D eigenvalue weighted by Gasteiger charge is 2.33. The molecule has 0 saturated carbocycles. The number of nitrogens with two attached hydrogens (primary N) is 1. The van der Waals surface area contributed by atoms with E-state index in [4.69, 9.17) is 15.0 Å². The van der Waals surface area contributed by atoms with E-state index in [-0.39, 0.29) is 35.5 Å². The lowest BCUT2D eigenvalue weighted by Gasteiger charge is -2.40. The fourth-order valence-corrected chi connectivity index (χ4v) is 4.29. The van der Waals surface area contributed by atoms with Gasteiger partial charge in [0.1, 0.15) is 17.9 Å². The zero-order chi connectivity index (χ0) is 29.3. The molecule has 1 saturated heterocycles. The van der Waals surface area contributed by atoms with E-state index in [0.717, 1.165) is 16.9 Å². The van der Waals surface area contributed by atoms with Crippen molar-refractivity contribution in [3.8, 4) is 28.7 Å². The molecule has 2 aromatic heterocycles. The smallest absolute Gasteiger partial charge is 0.457 e. The molecule has 2 aromatic carbocycles. The molecule has 0 aliphatic carbocycles. The molecule has 216 valence electrons. The number of benzene rings is 2. The normalized spacial score (nSPS) is 14.7. The van der Waals surface area contributed by atoms with Gasteiger partial charge in [-0.3, -0.25) is 9.48 Å². The number of esters is 1. The minimum absolute atomic E-state index is 0.0195. The van der Waals surface area contributed by atoms with Gasteiger partial charge < -0.3 is 24.6 Å². The van der Waals surface area contributed by atoms with Crippen LogP contribution in [0.3, 0.4) is 0 Å². The second-order valence-electron chi connectivity index (χ2n) is 10.2. The minimum atomic E-state index is -4.77. The molecule has 1 fully saturated rings.